The zero-order valence-electron chi connectivity index (χ0n) is 10.6. The number of halogens is 2. The second-order valence-electron chi connectivity index (χ2n) is 4.06. The van der Waals surface area contributed by atoms with E-state index in [9.17, 15) is 18.4 Å². The summed E-state index contributed by atoms with van der Waals surface area (Å²) >= 11 is 0. The van der Waals surface area contributed by atoms with Crippen LogP contribution in [-0.2, 0) is 0 Å². The number of anilines is 2. The molecule has 0 aromatic heterocycles. The van der Waals surface area contributed by atoms with Crippen molar-refractivity contribution in [3.05, 3.63) is 59.7 Å². The first-order valence-electron chi connectivity index (χ1n) is 5.83. The fourth-order valence-corrected chi connectivity index (χ4v) is 1.63. The van der Waals surface area contributed by atoms with Gasteiger partial charge in [0.25, 0.3) is 0 Å². The van der Waals surface area contributed by atoms with E-state index in [1.165, 1.54) is 0 Å². The quantitative estimate of drug-likeness (QED) is 0.812. The summed E-state index contributed by atoms with van der Waals surface area (Å²) in [7, 11) is 0. The molecule has 0 saturated carbocycles. The van der Waals surface area contributed by atoms with Gasteiger partial charge in [-0.2, -0.15) is 0 Å². The fraction of sp³-hybridized carbons (Fsp3) is 0. The number of carbonyl (C=O) groups is 2. The van der Waals surface area contributed by atoms with Crippen molar-refractivity contribution >= 4 is 23.4 Å². The maximum absolute atomic E-state index is 13.2. The van der Waals surface area contributed by atoms with Gasteiger partial charge >= 0.3 is 12.0 Å². The molecular weight excluding hydrogens is 282 g/mol. The van der Waals surface area contributed by atoms with Crippen molar-refractivity contribution in [2.24, 2.45) is 0 Å². The van der Waals surface area contributed by atoms with Gasteiger partial charge in [-0.15, -0.1) is 0 Å². The molecule has 3 N–H and O–H groups in total. The monoisotopic (exact) mass is 292 g/mol. The Hall–Kier alpha value is -2.96. The molecule has 0 bridgehead atoms. The van der Waals surface area contributed by atoms with Crippen LogP contribution >= 0.6 is 0 Å². The number of urea groups is 1. The van der Waals surface area contributed by atoms with Crippen molar-refractivity contribution in [3.8, 4) is 0 Å². The predicted molar refractivity (Wildman–Crippen MR) is 72.4 cm³/mol. The van der Waals surface area contributed by atoms with Gasteiger partial charge in [-0.25, -0.2) is 18.4 Å². The number of benzene rings is 2. The minimum absolute atomic E-state index is 0.338. The summed E-state index contributed by atoms with van der Waals surface area (Å²) in [5, 5.41) is 13.5. The van der Waals surface area contributed by atoms with Crippen LogP contribution < -0.4 is 10.6 Å². The predicted octanol–water partition coefficient (Wildman–Crippen LogP) is 3.31. The summed E-state index contributed by atoms with van der Waals surface area (Å²) in [5.74, 6) is -4.04. The molecule has 0 aliphatic rings. The standard InChI is InChI=1S/C14H10F2N2O3/c15-10-6-9(13(19)20)12(7-11(10)16)18-14(21)17-8-4-2-1-3-5-8/h1-7H,(H,19,20)(H2,17,18,21). The fourth-order valence-electron chi connectivity index (χ4n) is 1.63. The van der Waals surface area contributed by atoms with Crippen LogP contribution in [0.3, 0.4) is 0 Å². The van der Waals surface area contributed by atoms with Gasteiger partial charge in [-0.05, 0) is 18.2 Å². The van der Waals surface area contributed by atoms with Gasteiger partial charge in [0.15, 0.2) is 11.6 Å². The molecule has 2 amide bonds. The van der Waals surface area contributed by atoms with E-state index >= 15 is 0 Å². The van der Waals surface area contributed by atoms with Crippen LogP contribution in [0.15, 0.2) is 42.5 Å². The molecule has 0 unspecified atom stereocenters. The molecule has 0 saturated heterocycles. The number of nitrogens with one attached hydrogen (secondary N) is 2. The second kappa shape index (κ2) is 6.00. The largest absolute Gasteiger partial charge is 0.478 e. The number of amides is 2. The normalized spacial score (nSPS) is 10.0. The molecule has 2 aromatic rings. The van der Waals surface area contributed by atoms with Crippen molar-refractivity contribution in [1.29, 1.82) is 0 Å². The minimum atomic E-state index is -1.48. The molecule has 2 rings (SSSR count). The topological polar surface area (TPSA) is 78.4 Å². The van der Waals surface area contributed by atoms with Crippen LogP contribution in [-0.4, -0.2) is 17.1 Å². The van der Waals surface area contributed by atoms with E-state index in [1.807, 2.05) is 0 Å². The highest BCUT2D eigenvalue weighted by Gasteiger charge is 2.17. The van der Waals surface area contributed by atoms with E-state index in [2.05, 4.69) is 10.6 Å². The molecule has 0 spiro atoms. The second-order valence-corrected chi connectivity index (χ2v) is 4.06. The number of carbonyl (C=O) groups excluding carboxylic acids is 1. The summed E-state index contributed by atoms with van der Waals surface area (Å²) in [6.07, 6.45) is 0. The molecule has 108 valence electrons. The molecule has 0 radical (unpaired) electrons. The number of carboxylic acids is 1. The molecule has 0 heterocycles. The molecule has 0 atom stereocenters. The van der Waals surface area contributed by atoms with Gasteiger partial charge in [0, 0.05) is 11.8 Å². The van der Waals surface area contributed by atoms with E-state index in [-0.39, 0.29) is 5.69 Å². The van der Waals surface area contributed by atoms with E-state index in [4.69, 9.17) is 5.11 Å². The molecule has 0 fully saturated rings. The first kappa shape index (κ1) is 14.4. The summed E-state index contributed by atoms with van der Waals surface area (Å²) in [5.41, 5.74) is -0.415. The van der Waals surface area contributed by atoms with Gasteiger partial charge in [0.05, 0.1) is 11.3 Å². The summed E-state index contributed by atoms with van der Waals surface area (Å²) in [6.45, 7) is 0. The van der Waals surface area contributed by atoms with E-state index in [0.717, 1.165) is 0 Å². The number of hydrogen-bond acceptors (Lipinski definition) is 2. The Morgan fingerprint density at radius 3 is 2.19 bits per heavy atom. The zero-order chi connectivity index (χ0) is 15.4. The van der Waals surface area contributed by atoms with Crippen LogP contribution in [0, 0.1) is 11.6 Å². The minimum Gasteiger partial charge on any atom is -0.478 e. The van der Waals surface area contributed by atoms with Gasteiger partial charge in [0.1, 0.15) is 0 Å². The highest BCUT2D eigenvalue weighted by atomic mass is 19.2. The molecule has 2 aromatic carbocycles. The smallest absolute Gasteiger partial charge is 0.337 e. The Kier molecular flexibility index (Phi) is 4.13. The average Bonchev–Trinajstić information content (AvgIpc) is 2.43. The highest BCUT2D eigenvalue weighted by Crippen LogP contribution is 2.20. The summed E-state index contributed by atoms with van der Waals surface area (Å²) in [6, 6.07) is 8.72. The maximum Gasteiger partial charge on any atom is 0.337 e. The Bertz CT molecular complexity index is 690. The summed E-state index contributed by atoms with van der Waals surface area (Å²) in [4.78, 5) is 22.7. The van der Waals surface area contributed by atoms with Gasteiger partial charge in [0.2, 0.25) is 0 Å². The van der Waals surface area contributed by atoms with Crippen LogP contribution in [0.2, 0.25) is 0 Å². The Labute approximate surface area is 118 Å². The number of hydrogen-bond donors (Lipinski definition) is 3. The van der Waals surface area contributed by atoms with E-state index < -0.39 is 29.2 Å². The molecule has 0 aliphatic heterocycles. The van der Waals surface area contributed by atoms with Gasteiger partial charge < -0.3 is 15.7 Å². The van der Waals surface area contributed by atoms with Crippen molar-refractivity contribution < 1.29 is 23.5 Å². The third-order valence-electron chi connectivity index (χ3n) is 2.57. The van der Waals surface area contributed by atoms with Crippen molar-refractivity contribution in [2.45, 2.75) is 0 Å². The summed E-state index contributed by atoms with van der Waals surface area (Å²) < 4.78 is 26.2. The Morgan fingerprint density at radius 1 is 0.952 bits per heavy atom. The van der Waals surface area contributed by atoms with E-state index in [0.29, 0.717) is 17.8 Å². The van der Waals surface area contributed by atoms with Crippen molar-refractivity contribution in [1.82, 2.24) is 0 Å². The van der Waals surface area contributed by atoms with Crippen LogP contribution in [0.1, 0.15) is 10.4 Å². The first-order valence-corrected chi connectivity index (χ1v) is 5.83. The van der Waals surface area contributed by atoms with Gasteiger partial charge in [-0.1, -0.05) is 18.2 Å². The number of carboxylic acid groups (broad SMARTS) is 1. The lowest BCUT2D eigenvalue weighted by Crippen LogP contribution is -2.21. The third-order valence-corrected chi connectivity index (χ3v) is 2.57. The van der Waals surface area contributed by atoms with Crippen molar-refractivity contribution in [2.75, 3.05) is 10.6 Å². The molecule has 0 aliphatic carbocycles. The first-order chi connectivity index (χ1) is 9.97. The molecular formula is C14H10F2N2O3. The Morgan fingerprint density at radius 2 is 1.57 bits per heavy atom. The third kappa shape index (κ3) is 3.53. The lowest BCUT2D eigenvalue weighted by atomic mass is 10.1. The molecule has 21 heavy (non-hydrogen) atoms. The van der Waals surface area contributed by atoms with Crippen LogP contribution in [0.25, 0.3) is 0 Å². The highest BCUT2D eigenvalue weighted by molar-refractivity contribution is 6.04. The number of rotatable bonds is 3. The van der Waals surface area contributed by atoms with Gasteiger partial charge in [-0.3, -0.25) is 0 Å². The molecule has 5 nitrogen and oxygen atoms in total. The van der Waals surface area contributed by atoms with Crippen LogP contribution in [0.4, 0.5) is 25.0 Å². The van der Waals surface area contributed by atoms with E-state index in [1.54, 1.807) is 30.3 Å². The van der Waals surface area contributed by atoms with Crippen LogP contribution in [0.5, 0.6) is 0 Å². The lowest BCUT2D eigenvalue weighted by Gasteiger charge is -2.10. The lowest BCUT2D eigenvalue weighted by molar-refractivity contribution is 0.0697. The zero-order valence-corrected chi connectivity index (χ0v) is 10.6. The SMILES string of the molecule is O=C(Nc1ccccc1)Nc1cc(F)c(F)cc1C(=O)O. The number of para-hydroxylation sites is 1. The number of aromatic carboxylic acids is 1. The van der Waals surface area contributed by atoms with Crippen molar-refractivity contribution in [3.63, 3.8) is 0 Å². The maximum atomic E-state index is 13.2. The Balaban J connectivity index is 2.21. The average molecular weight is 292 g/mol. The molecule has 7 heteroatoms.